The third-order valence-corrected chi connectivity index (χ3v) is 3.42. The minimum atomic E-state index is -0.603. The number of hydrogen-bond donors (Lipinski definition) is 0. The Hall–Kier alpha value is -1.39. The van der Waals surface area contributed by atoms with E-state index in [0.29, 0.717) is 23.1 Å². The Morgan fingerprint density at radius 2 is 1.90 bits per heavy atom. The van der Waals surface area contributed by atoms with Crippen molar-refractivity contribution in [1.29, 1.82) is 0 Å². The van der Waals surface area contributed by atoms with E-state index >= 15 is 0 Å². The first-order valence-electron chi connectivity index (χ1n) is 5.94. The van der Waals surface area contributed by atoms with Gasteiger partial charge in [0.25, 0.3) is 0 Å². The van der Waals surface area contributed by atoms with Crippen molar-refractivity contribution in [3.8, 4) is 11.3 Å². The first kappa shape index (κ1) is 15.0. The molecule has 0 saturated heterocycles. The van der Waals surface area contributed by atoms with E-state index in [-0.39, 0.29) is 15.6 Å². The van der Waals surface area contributed by atoms with Crippen LogP contribution in [-0.2, 0) is 5.54 Å². The standard InChI is InChI=1S/C14H13Cl2FN2O/c1-14(2,3)19-6-8(7-20)13(18-19)9-4-12(17)11(16)5-10(9)15/h4-7H,1-3H3. The Balaban J connectivity index is 2.66. The second-order valence-electron chi connectivity index (χ2n) is 5.41. The van der Waals surface area contributed by atoms with E-state index in [9.17, 15) is 9.18 Å². The van der Waals surface area contributed by atoms with Gasteiger partial charge in [-0.3, -0.25) is 9.48 Å². The predicted molar refractivity (Wildman–Crippen MR) is 78.0 cm³/mol. The number of carbonyl (C=O) groups excluding carboxylic acids is 1. The number of benzene rings is 1. The van der Waals surface area contributed by atoms with Crippen molar-refractivity contribution in [2.75, 3.05) is 0 Å². The second kappa shape index (κ2) is 5.19. The summed E-state index contributed by atoms with van der Waals surface area (Å²) in [6.45, 7) is 5.84. The van der Waals surface area contributed by atoms with Crippen LogP contribution in [0.4, 0.5) is 4.39 Å². The van der Waals surface area contributed by atoms with Gasteiger partial charge in [0, 0.05) is 11.8 Å². The summed E-state index contributed by atoms with van der Waals surface area (Å²) >= 11 is 11.7. The maximum absolute atomic E-state index is 13.6. The molecular formula is C14H13Cl2FN2O. The van der Waals surface area contributed by atoms with Crippen LogP contribution in [0.3, 0.4) is 0 Å². The van der Waals surface area contributed by atoms with Gasteiger partial charge in [0.1, 0.15) is 11.5 Å². The zero-order valence-electron chi connectivity index (χ0n) is 11.2. The smallest absolute Gasteiger partial charge is 0.153 e. The summed E-state index contributed by atoms with van der Waals surface area (Å²) in [5.41, 5.74) is 0.741. The normalized spacial score (nSPS) is 11.7. The number of rotatable bonds is 2. The van der Waals surface area contributed by atoms with Gasteiger partial charge in [-0.1, -0.05) is 23.2 Å². The lowest BCUT2D eigenvalue weighted by Gasteiger charge is -2.18. The van der Waals surface area contributed by atoms with Crippen molar-refractivity contribution in [3.63, 3.8) is 0 Å². The van der Waals surface area contributed by atoms with Crippen molar-refractivity contribution in [3.05, 3.63) is 39.8 Å². The number of aldehydes is 1. The second-order valence-corrected chi connectivity index (χ2v) is 6.23. The molecule has 0 aliphatic rings. The SMILES string of the molecule is CC(C)(C)n1cc(C=O)c(-c2cc(F)c(Cl)cc2Cl)n1. The summed E-state index contributed by atoms with van der Waals surface area (Å²) in [6, 6.07) is 2.49. The highest BCUT2D eigenvalue weighted by molar-refractivity contribution is 6.36. The minimum Gasteiger partial charge on any atom is -0.298 e. The number of halogens is 3. The average Bonchev–Trinajstić information content (AvgIpc) is 2.77. The van der Waals surface area contributed by atoms with Crippen LogP contribution in [0.5, 0.6) is 0 Å². The fourth-order valence-corrected chi connectivity index (χ4v) is 2.20. The number of aromatic nitrogens is 2. The van der Waals surface area contributed by atoms with E-state index in [0.717, 1.165) is 0 Å². The van der Waals surface area contributed by atoms with Gasteiger partial charge in [-0.2, -0.15) is 5.10 Å². The van der Waals surface area contributed by atoms with Gasteiger partial charge in [-0.05, 0) is 32.9 Å². The van der Waals surface area contributed by atoms with Gasteiger partial charge in [0.05, 0.1) is 21.1 Å². The molecule has 1 aromatic carbocycles. The quantitative estimate of drug-likeness (QED) is 0.601. The molecule has 3 nitrogen and oxygen atoms in total. The Bertz CT molecular complexity index is 675. The summed E-state index contributed by atoms with van der Waals surface area (Å²) in [5, 5.41) is 4.53. The molecule has 0 radical (unpaired) electrons. The molecule has 0 unspecified atom stereocenters. The maximum Gasteiger partial charge on any atom is 0.153 e. The first-order chi connectivity index (χ1) is 9.24. The molecule has 0 fully saturated rings. The van der Waals surface area contributed by atoms with Crippen molar-refractivity contribution >= 4 is 29.5 Å². The average molecular weight is 315 g/mol. The monoisotopic (exact) mass is 314 g/mol. The molecule has 0 saturated carbocycles. The first-order valence-corrected chi connectivity index (χ1v) is 6.70. The molecule has 0 bridgehead atoms. The van der Waals surface area contributed by atoms with Crippen LogP contribution in [0.15, 0.2) is 18.3 Å². The topological polar surface area (TPSA) is 34.9 Å². The molecular weight excluding hydrogens is 302 g/mol. The Morgan fingerprint density at radius 3 is 2.45 bits per heavy atom. The molecule has 2 rings (SSSR count). The molecule has 0 aliphatic heterocycles. The third-order valence-electron chi connectivity index (χ3n) is 2.82. The number of nitrogens with zero attached hydrogens (tertiary/aromatic N) is 2. The number of hydrogen-bond acceptors (Lipinski definition) is 2. The minimum absolute atomic E-state index is 0.0679. The Morgan fingerprint density at radius 1 is 1.25 bits per heavy atom. The fourth-order valence-electron chi connectivity index (χ4n) is 1.73. The lowest BCUT2D eigenvalue weighted by Crippen LogP contribution is -2.22. The molecule has 0 atom stereocenters. The highest BCUT2D eigenvalue weighted by atomic mass is 35.5. The van der Waals surface area contributed by atoms with Gasteiger partial charge < -0.3 is 0 Å². The van der Waals surface area contributed by atoms with Gasteiger partial charge in [-0.15, -0.1) is 0 Å². The summed E-state index contributed by atoms with van der Waals surface area (Å²) in [4.78, 5) is 11.2. The molecule has 2 aromatic rings. The third kappa shape index (κ3) is 2.72. The van der Waals surface area contributed by atoms with Crippen LogP contribution in [0.1, 0.15) is 31.1 Å². The molecule has 0 aliphatic carbocycles. The fraction of sp³-hybridized carbons (Fsp3) is 0.286. The van der Waals surface area contributed by atoms with E-state index in [1.165, 1.54) is 12.1 Å². The molecule has 1 aromatic heterocycles. The largest absolute Gasteiger partial charge is 0.298 e. The molecule has 1 heterocycles. The zero-order chi connectivity index (χ0) is 15.1. The highest BCUT2D eigenvalue weighted by Gasteiger charge is 2.21. The highest BCUT2D eigenvalue weighted by Crippen LogP contribution is 2.33. The molecule has 106 valence electrons. The van der Waals surface area contributed by atoms with Crippen molar-refractivity contribution < 1.29 is 9.18 Å². The number of carbonyl (C=O) groups is 1. The summed E-state index contributed by atoms with van der Waals surface area (Å²) in [7, 11) is 0. The Labute approximate surface area is 126 Å². The summed E-state index contributed by atoms with van der Waals surface area (Å²) in [5.74, 6) is -0.603. The lowest BCUT2D eigenvalue weighted by atomic mass is 10.1. The van der Waals surface area contributed by atoms with Crippen molar-refractivity contribution in [2.24, 2.45) is 0 Å². The lowest BCUT2D eigenvalue weighted by molar-refractivity contribution is 0.112. The molecule has 20 heavy (non-hydrogen) atoms. The van der Waals surface area contributed by atoms with Crippen LogP contribution in [0.2, 0.25) is 10.0 Å². The molecule has 6 heteroatoms. The zero-order valence-corrected chi connectivity index (χ0v) is 12.8. The maximum atomic E-state index is 13.6. The molecule has 0 spiro atoms. The summed E-state index contributed by atoms with van der Waals surface area (Å²) in [6.07, 6.45) is 2.29. The van der Waals surface area contributed by atoms with Crippen molar-refractivity contribution in [2.45, 2.75) is 26.3 Å². The predicted octanol–water partition coefficient (Wildman–Crippen LogP) is 4.56. The summed E-state index contributed by atoms with van der Waals surface area (Å²) < 4.78 is 15.3. The van der Waals surface area contributed by atoms with Crippen molar-refractivity contribution in [1.82, 2.24) is 9.78 Å². The van der Waals surface area contributed by atoms with E-state index < -0.39 is 5.82 Å². The van der Waals surface area contributed by atoms with E-state index in [1.807, 2.05) is 20.8 Å². The van der Waals surface area contributed by atoms with Crippen LogP contribution in [-0.4, -0.2) is 16.1 Å². The van der Waals surface area contributed by atoms with Gasteiger partial charge >= 0.3 is 0 Å². The van der Waals surface area contributed by atoms with Gasteiger partial charge in [0.15, 0.2) is 6.29 Å². The van der Waals surface area contributed by atoms with E-state index in [2.05, 4.69) is 5.10 Å². The molecule has 0 amide bonds. The van der Waals surface area contributed by atoms with Crippen LogP contribution in [0.25, 0.3) is 11.3 Å². The van der Waals surface area contributed by atoms with Gasteiger partial charge in [-0.25, -0.2) is 4.39 Å². The van der Waals surface area contributed by atoms with E-state index in [4.69, 9.17) is 23.2 Å². The van der Waals surface area contributed by atoms with Gasteiger partial charge in [0.2, 0.25) is 0 Å². The van der Waals surface area contributed by atoms with Crippen LogP contribution in [0, 0.1) is 5.82 Å². The van der Waals surface area contributed by atoms with E-state index in [1.54, 1.807) is 10.9 Å². The van der Waals surface area contributed by atoms with Crippen LogP contribution >= 0.6 is 23.2 Å². The molecule has 0 N–H and O–H groups in total. The van der Waals surface area contributed by atoms with Crippen LogP contribution < -0.4 is 0 Å². The Kier molecular flexibility index (Phi) is 3.89.